The van der Waals surface area contributed by atoms with E-state index in [9.17, 15) is 0 Å². The Labute approximate surface area is 128 Å². The Morgan fingerprint density at radius 1 is 1.05 bits per heavy atom. The van der Waals surface area contributed by atoms with Gasteiger partial charge < -0.3 is 10.5 Å². The van der Waals surface area contributed by atoms with Gasteiger partial charge in [-0.2, -0.15) is 0 Å². The summed E-state index contributed by atoms with van der Waals surface area (Å²) < 4.78 is 6.81. The Morgan fingerprint density at radius 3 is 2.70 bits per heavy atom. The van der Waals surface area contributed by atoms with Crippen molar-refractivity contribution >= 4 is 15.9 Å². The zero-order valence-corrected chi connectivity index (χ0v) is 12.7. The topological polar surface area (TPSA) is 35.2 Å². The molecule has 0 atom stereocenters. The Bertz CT molecular complexity index is 628. The molecule has 2 aromatic carbocycles. The maximum absolute atomic E-state index is 5.74. The molecule has 3 heteroatoms. The molecule has 2 nitrogen and oxygen atoms in total. The van der Waals surface area contributed by atoms with Crippen LogP contribution in [-0.4, -0.2) is 6.54 Å². The van der Waals surface area contributed by atoms with E-state index >= 15 is 0 Å². The molecule has 2 N–H and O–H groups in total. The number of rotatable bonds is 4. The Kier molecular flexibility index (Phi) is 5.82. The highest BCUT2D eigenvalue weighted by Crippen LogP contribution is 2.17. The van der Waals surface area contributed by atoms with Crippen LogP contribution >= 0.6 is 15.9 Å². The van der Waals surface area contributed by atoms with Crippen molar-refractivity contribution in [1.29, 1.82) is 0 Å². The van der Waals surface area contributed by atoms with Gasteiger partial charge in [-0.1, -0.05) is 58.1 Å². The fourth-order valence-corrected chi connectivity index (χ4v) is 2.19. The van der Waals surface area contributed by atoms with Gasteiger partial charge in [-0.3, -0.25) is 0 Å². The van der Waals surface area contributed by atoms with Gasteiger partial charge in [0.05, 0.1) is 19.8 Å². The van der Waals surface area contributed by atoms with Gasteiger partial charge in [-0.05, 0) is 29.3 Å². The SMILES string of the molecule is NCC#Cc1cccc(COCc2ccccc2Br)c1. The van der Waals surface area contributed by atoms with E-state index < -0.39 is 0 Å². The van der Waals surface area contributed by atoms with Crippen molar-refractivity contribution in [2.24, 2.45) is 5.73 Å². The lowest BCUT2D eigenvalue weighted by Crippen LogP contribution is -1.96. The van der Waals surface area contributed by atoms with Gasteiger partial charge in [0.2, 0.25) is 0 Å². The van der Waals surface area contributed by atoms with Gasteiger partial charge in [-0.25, -0.2) is 0 Å². The Morgan fingerprint density at radius 2 is 1.90 bits per heavy atom. The quantitative estimate of drug-likeness (QED) is 0.871. The number of nitrogens with two attached hydrogens (primary N) is 1. The molecule has 0 aliphatic heterocycles. The van der Waals surface area contributed by atoms with E-state index in [4.69, 9.17) is 10.5 Å². The van der Waals surface area contributed by atoms with Gasteiger partial charge in [0, 0.05) is 10.0 Å². The molecular formula is C17H16BrNO. The summed E-state index contributed by atoms with van der Waals surface area (Å²) in [6, 6.07) is 16.1. The average molecular weight is 330 g/mol. The van der Waals surface area contributed by atoms with Crippen LogP contribution in [0.1, 0.15) is 16.7 Å². The summed E-state index contributed by atoms with van der Waals surface area (Å²) in [7, 11) is 0. The van der Waals surface area contributed by atoms with Gasteiger partial charge in [0.15, 0.2) is 0 Å². The monoisotopic (exact) mass is 329 g/mol. The fourth-order valence-electron chi connectivity index (χ4n) is 1.79. The van der Waals surface area contributed by atoms with Crippen LogP contribution in [0.5, 0.6) is 0 Å². The molecule has 0 fully saturated rings. The van der Waals surface area contributed by atoms with Crippen molar-refractivity contribution in [3.8, 4) is 11.8 Å². The first kappa shape index (κ1) is 14.8. The molecule has 0 spiro atoms. The van der Waals surface area contributed by atoms with Crippen LogP contribution in [0.3, 0.4) is 0 Å². The fraction of sp³-hybridized carbons (Fsp3) is 0.176. The molecule has 0 amide bonds. The summed E-state index contributed by atoms with van der Waals surface area (Å²) in [6.45, 7) is 1.53. The molecule has 0 saturated carbocycles. The smallest absolute Gasteiger partial charge is 0.0732 e. The molecule has 102 valence electrons. The lowest BCUT2D eigenvalue weighted by molar-refractivity contribution is 0.107. The van der Waals surface area contributed by atoms with Crippen LogP contribution in [-0.2, 0) is 18.0 Å². The molecular weight excluding hydrogens is 314 g/mol. The van der Waals surface area contributed by atoms with Crippen molar-refractivity contribution in [2.75, 3.05) is 6.54 Å². The van der Waals surface area contributed by atoms with E-state index in [2.05, 4.69) is 27.8 Å². The highest BCUT2D eigenvalue weighted by molar-refractivity contribution is 9.10. The number of hydrogen-bond acceptors (Lipinski definition) is 2. The largest absolute Gasteiger partial charge is 0.372 e. The molecule has 2 aromatic rings. The van der Waals surface area contributed by atoms with Gasteiger partial charge >= 0.3 is 0 Å². The number of hydrogen-bond donors (Lipinski definition) is 1. The molecule has 0 heterocycles. The van der Waals surface area contributed by atoms with E-state index in [0.29, 0.717) is 19.8 Å². The van der Waals surface area contributed by atoms with Crippen molar-refractivity contribution in [3.63, 3.8) is 0 Å². The molecule has 2 rings (SSSR count). The third kappa shape index (κ3) is 4.50. The zero-order valence-electron chi connectivity index (χ0n) is 11.1. The minimum Gasteiger partial charge on any atom is -0.372 e. The van der Waals surface area contributed by atoms with Crippen LogP contribution in [0.15, 0.2) is 53.0 Å². The van der Waals surface area contributed by atoms with Crippen molar-refractivity contribution in [1.82, 2.24) is 0 Å². The first-order valence-electron chi connectivity index (χ1n) is 6.38. The molecule has 0 bridgehead atoms. The van der Waals surface area contributed by atoms with Crippen LogP contribution in [0.25, 0.3) is 0 Å². The molecule has 0 aliphatic rings. The summed E-state index contributed by atoms with van der Waals surface area (Å²) in [5.41, 5.74) is 8.60. The van der Waals surface area contributed by atoms with Gasteiger partial charge in [-0.15, -0.1) is 0 Å². The van der Waals surface area contributed by atoms with Crippen LogP contribution in [0, 0.1) is 11.8 Å². The average Bonchev–Trinajstić information content (AvgIpc) is 2.48. The zero-order chi connectivity index (χ0) is 14.2. The van der Waals surface area contributed by atoms with Gasteiger partial charge in [0.25, 0.3) is 0 Å². The van der Waals surface area contributed by atoms with Crippen LogP contribution in [0.4, 0.5) is 0 Å². The minimum atomic E-state index is 0.378. The predicted octanol–water partition coefficient (Wildman–Crippen LogP) is 3.48. The Balaban J connectivity index is 1.93. The number of benzene rings is 2. The third-order valence-corrected chi connectivity index (χ3v) is 3.52. The highest BCUT2D eigenvalue weighted by atomic mass is 79.9. The summed E-state index contributed by atoms with van der Waals surface area (Å²) in [5, 5.41) is 0. The van der Waals surface area contributed by atoms with E-state index in [1.165, 1.54) is 0 Å². The Hall–Kier alpha value is -1.60. The van der Waals surface area contributed by atoms with E-state index in [1.807, 2.05) is 48.5 Å². The van der Waals surface area contributed by atoms with Crippen LogP contribution in [0.2, 0.25) is 0 Å². The van der Waals surface area contributed by atoms with Crippen molar-refractivity contribution in [2.45, 2.75) is 13.2 Å². The first-order chi connectivity index (χ1) is 9.79. The summed E-state index contributed by atoms with van der Waals surface area (Å²) in [4.78, 5) is 0. The van der Waals surface area contributed by atoms with E-state index in [0.717, 1.165) is 21.2 Å². The van der Waals surface area contributed by atoms with Crippen molar-refractivity contribution < 1.29 is 4.74 Å². The number of halogens is 1. The maximum Gasteiger partial charge on any atom is 0.0732 e. The van der Waals surface area contributed by atoms with E-state index in [-0.39, 0.29) is 0 Å². The molecule has 0 saturated heterocycles. The highest BCUT2D eigenvalue weighted by Gasteiger charge is 1.99. The second-order valence-corrected chi connectivity index (χ2v) is 5.14. The molecule has 0 aliphatic carbocycles. The minimum absolute atomic E-state index is 0.378. The van der Waals surface area contributed by atoms with Gasteiger partial charge in [0.1, 0.15) is 0 Å². The predicted molar refractivity (Wildman–Crippen MR) is 85.0 cm³/mol. The molecule has 0 aromatic heterocycles. The third-order valence-electron chi connectivity index (χ3n) is 2.75. The standard InChI is InChI=1S/C17H16BrNO/c18-17-9-2-1-8-16(17)13-20-12-15-6-3-5-14(11-15)7-4-10-19/h1-3,5-6,8-9,11H,10,12-13,19H2. The summed E-state index contributed by atoms with van der Waals surface area (Å²) in [5.74, 6) is 5.88. The van der Waals surface area contributed by atoms with Crippen molar-refractivity contribution in [3.05, 3.63) is 69.7 Å². The summed E-state index contributed by atoms with van der Waals surface area (Å²) in [6.07, 6.45) is 0. The summed E-state index contributed by atoms with van der Waals surface area (Å²) >= 11 is 3.51. The maximum atomic E-state index is 5.74. The normalized spacial score (nSPS) is 9.90. The second-order valence-electron chi connectivity index (χ2n) is 4.29. The lowest BCUT2D eigenvalue weighted by atomic mass is 10.1. The van der Waals surface area contributed by atoms with E-state index in [1.54, 1.807) is 0 Å². The lowest BCUT2D eigenvalue weighted by Gasteiger charge is -2.06. The molecule has 0 unspecified atom stereocenters. The number of ether oxygens (including phenoxy) is 1. The first-order valence-corrected chi connectivity index (χ1v) is 7.18. The molecule has 0 radical (unpaired) electrons. The van der Waals surface area contributed by atoms with Crippen LogP contribution < -0.4 is 5.73 Å². The second kappa shape index (κ2) is 7.86. The molecule has 20 heavy (non-hydrogen) atoms.